The largest absolute Gasteiger partial charge is 0.573 e. The summed E-state index contributed by atoms with van der Waals surface area (Å²) >= 11 is 0. The number of hydrogen-bond donors (Lipinski definition) is 1. The lowest BCUT2D eigenvalue weighted by atomic mass is 10.1. The van der Waals surface area contributed by atoms with Crippen LogP contribution in [0, 0.1) is 0 Å². The topological polar surface area (TPSA) is 77.0 Å². The highest BCUT2D eigenvalue weighted by Crippen LogP contribution is 2.35. The fourth-order valence-corrected chi connectivity index (χ4v) is 2.56. The van der Waals surface area contributed by atoms with E-state index in [0.717, 1.165) is 36.4 Å². The normalized spacial score (nSPS) is 14.1. The molecule has 1 aliphatic heterocycles. The van der Waals surface area contributed by atoms with Crippen LogP contribution in [0.1, 0.15) is 15.9 Å². The average Bonchev–Trinajstić information content (AvgIpc) is 2.67. The Hall–Kier alpha value is -3.83. The summed E-state index contributed by atoms with van der Waals surface area (Å²) < 4.78 is 85.2. The van der Waals surface area contributed by atoms with Gasteiger partial charge in [0.05, 0.1) is 16.8 Å². The minimum Gasteiger partial charge on any atom is -0.457 e. The maximum absolute atomic E-state index is 13.1. The van der Waals surface area contributed by atoms with E-state index in [9.17, 15) is 35.9 Å². The minimum absolute atomic E-state index is 0.0331. The summed E-state index contributed by atoms with van der Waals surface area (Å²) in [7, 11) is 0. The first-order valence-corrected chi connectivity index (χ1v) is 8.71. The van der Waals surface area contributed by atoms with Gasteiger partial charge in [0.15, 0.2) is 5.78 Å². The second-order valence-electron chi connectivity index (χ2n) is 6.32. The fraction of sp³-hybridized carbons (Fsp3) is 0.150. The van der Waals surface area contributed by atoms with Gasteiger partial charge in [0.1, 0.15) is 23.8 Å². The summed E-state index contributed by atoms with van der Waals surface area (Å²) in [5, 5.41) is 2.33. The van der Waals surface area contributed by atoms with Gasteiger partial charge in [0.2, 0.25) is 0 Å². The Morgan fingerprint density at radius 3 is 2.22 bits per heavy atom. The third-order valence-electron chi connectivity index (χ3n) is 3.89. The predicted molar refractivity (Wildman–Crippen MR) is 98.6 cm³/mol. The number of nitrogens with one attached hydrogen (secondary N) is 1. The monoisotopic (exact) mass is 458 g/mol. The molecule has 1 aliphatic rings. The SMILES string of the molecule is O=C1C=C(NC(=O)c2ccc(C(F)(F)F)cc2Oc2ccc(OC(F)(F)F)cc2)C=NC1. The molecule has 1 amide bonds. The molecule has 6 nitrogen and oxygen atoms in total. The number of halogens is 6. The number of ketones is 1. The smallest absolute Gasteiger partial charge is 0.457 e. The van der Waals surface area contributed by atoms with E-state index in [1.54, 1.807) is 0 Å². The molecule has 0 fully saturated rings. The molecular weight excluding hydrogens is 446 g/mol. The van der Waals surface area contributed by atoms with Gasteiger partial charge in [-0.15, -0.1) is 13.2 Å². The number of aliphatic imine (C=N–C) groups is 1. The quantitative estimate of drug-likeness (QED) is 0.662. The molecule has 0 unspecified atom stereocenters. The van der Waals surface area contributed by atoms with Gasteiger partial charge in [-0.2, -0.15) is 13.2 Å². The molecule has 0 bridgehead atoms. The molecule has 32 heavy (non-hydrogen) atoms. The first kappa shape index (κ1) is 22.8. The van der Waals surface area contributed by atoms with Crippen LogP contribution < -0.4 is 14.8 Å². The van der Waals surface area contributed by atoms with Gasteiger partial charge >= 0.3 is 12.5 Å². The van der Waals surface area contributed by atoms with Crippen molar-refractivity contribution in [3.8, 4) is 17.2 Å². The Labute approximate surface area is 176 Å². The molecule has 1 N–H and O–H groups in total. The molecule has 2 aromatic rings. The van der Waals surface area contributed by atoms with Crippen molar-refractivity contribution in [2.45, 2.75) is 12.5 Å². The lowest BCUT2D eigenvalue weighted by Gasteiger charge is -2.15. The number of benzene rings is 2. The van der Waals surface area contributed by atoms with Crippen LogP contribution in [-0.4, -0.2) is 30.8 Å². The molecule has 0 radical (unpaired) electrons. The van der Waals surface area contributed by atoms with Gasteiger partial charge in [-0.3, -0.25) is 14.6 Å². The third kappa shape index (κ3) is 6.09. The van der Waals surface area contributed by atoms with Crippen molar-refractivity contribution in [1.82, 2.24) is 5.32 Å². The van der Waals surface area contributed by atoms with E-state index in [1.165, 1.54) is 6.21 Å². The van der Waals surface area contributed by atoms with E-state index in [2.05, 4.69) is 15.0 Å². The van der Waals surface area contributed by atoms with Crippen LogP contribution in [0.2, 0.25) is 0 Å². The molecule has 3 rings (SSSR count). The van der Waals surface area contributed by atoms with Crippen molar-refractivity contribution in [2.75, 3.05) is 6.54 Å². The number of rotatable bonds is 5. The number of carbonyl (C=O) groups excluding carboxylic acids is 2. The van der Waals surface area contributed by atoms with E-state index in [4.69, 9.17) is 4.74 Å². The van der Waals surface area contributed by atoms with Crippen LogP contribution in [0.3, 0.4) is 0 Å². The van der Waals surface area contributed by atoms with Gasteiger partial charge in [-0.05, 0) is 42.5 Å². The number of carbonyl (C=O) groups is 2. The van der Waals surface area contributed by atoms with Gasteiger partial charge in [-0.1, -0.05) is 0 Å². The zero-order valence-electron chi connectivity index (χ0n) is 15.8. The van der Waals surface area contributed by atoms with Crippen molar-refractivity contribution in [2.24, 2.45) is 4.99 Å². The maximum atomic E-state index is 13.1. The Bertz CT molecular complexity index is 1090. The third-order valence-corrected chi connectivity index (χ3v) is 3.89. The number of dihydropyridines is 1. The van der Waals surface area contributed by atoms with Crippen LogP contribution in [0.5, 0.6) is 17.2 Å². The molecule has 0 spiro atoms. The van der Waals surface area contributed by atoms with Crippen molar-refractivity contribution >= 4 is 17.9 Å². The van der Waals surface area contributed by atoms with Crippen molar-refractivity contribution < 1.29 is 45.4 Å². The maximum Gasteiger partial charge on any atom is 0.573 e. The molecule has 0 aliphatic carbocycles. The van der Waals surface area contributed by atoms with E-state index in [-0.39, 0.29) is 29.3 Å². The Kier molecular flexibility index (Phi) is 6.23. The zero-order chi connectivity index (χ0) is 23.5. The van der Waals surface area contributed by atoms with Crippen LogP contribution in [0.15, 0.2) is 59.2 Å². The van der Waals surface area contributed by atoms with Gasteiger partial charge in [0.25, 0.3) is 5.91 Å². The molecular formula is C20H12F6N2O4. The number of allylic oxidation sites excluding steroid dienone is 1. The van der Waals surface area contributed by atoms with Crippen LogP contribution in [0.25, 0.3) is 0 Å². The molecule has 0 saturated heterocycles. The fourth-order valence-electron chi connectivity index (χ4n) is 2.56. The lowest BCUT2D eigenvalue weighted by molar-refractivity contribution is -0.274. The summed E-state index contributed by atoms with van der Waals surface area (Å²) in [6, 6.07) is 5.95. The number of ether oxygens (including phenoxy) is 2. The lowest BCUT2D eigenvalue weighted by Crippen LogP contribution is -2.26. The first-order valence-electron chi connectivity index (χ1n) is 8.71. The highest BCUT2D eigenvalue weighted by atomic mass is 19.4. The van der Waals surface area contributed by atoms with Crippen LogP contribution in [-0.2, 0) is 11.0 Å². The summed E-state index contributed by atoms with van der Waals surface area (Å²) in [5.41, 5.74) is -1.40. The zero-order valence-corrected chi connectivity index (χ0v) is 15.8. The van der Waals surface area contributed by atoms with Gasteiger partial charge in [-0.25, -0.2) is 0 Å². The second kappa shape index (κ2) is 8.73. The molecule has 1 heterocycles. The Balaban J connectivity index is 1.89. The standard InChI is InChI=1S/C20H12F6N2O4/c21-19(22,23)11-1-6-16(18(30)28-12-8-13(29)10-27-9-12)17(7-11)31-14-2-4-15(5-3-14)32-20(24,25)26/h1-9H,10H2,(H,28,30). The van der Waals surface area contributed by atoms with E-state index in [1.807, 2.05) is 0 Å². The highest BCUT2D eigenvalue weighted by molar-refractivity contribution is 6.06. The van der Waals surface area contributed by atoms with E-state index in [0.29, 0.717) is 12.1 Å². The summed E-state index contributed by atoms with van der Waals surface area (Å²) in [6.07, 6.45) is -7.35. The highest BCUT2D eigenvalue weighted by Gasteiger charge is 2.33. The molecule has 0 saturated carbocycles. The van der Waals surface area contributed by atoms with Crippen molar-refractivity contribution in [3.05, 3.63) is 65.4 Å². The van der Waals surface area contributed by atoms with Gasteiger partial charge in [0, 0.05) is 12.3 Å². The summed E-state index contributed by atoms with van der Waals surface area (Å²) in [6.45, 7) is -0.0952. The number of amides is 1. The van der Waals surface area contributed by atoms with Crippen molar-refractivity contribution in [1.29, 1.82) is 0 Å². The summed E-state index contributed by atoms with van der Waals surface area (Å²) in [4.78, 5) is 27.7. The number of alkyl halides is 6. The molecule has 2 aromatic carbocycles. The van der Waals surface area contributed by atoms with E-state index >= 15 is 0 Å². The van der Waals surface area contributed by atoms with Crippen molar-refractivity contribution in [3.63, 3.8) is 0 Å². The molecule has 0 atom stereocenters. The van der Waals surface area contributed by atoms with E-state index < -0.39 is 35.5 Å². The minimum atomic E-state index is -4.92. The first-order chi connectivity index (χ1) is 14.9. The van der Waals surface area contributed by atoms with Crippen LogP contribution >= 0.6 is 0 Å². The van der Waals surface area contributed by atoms with Gasteiger partial charge < -0.3 is 14.8 Å². The molecule has 168 valence electrons. The second-order valence-corrected chi connectivity index (χ2v) is 6.32. The van der Waals surface area contributed by atoms with Crippen LogP contribution in [0.4, 0.5) is 26.3 Å². The Morgan fingerprint density at radius 1 is 0.969 bits per heavy atom. The summed E-state index contributed by atoms with van der Waals surface area (Å²) in [5.74, 6) is -2.51. The average molecular weight is 458 g/mol. The molecule has 12 heteroatoms. The number of nitrogens with zero attached hydrogens (tertiary/aromatic N) is 1. The number of hydrogen-bond acceptors (Lipinski definition) is 5. The molecule has 0 aromatic heterocycles. The Morgan fingerprint density at radius 2 is 1.62 bits per heavy atom. The predicted octanol–water partition coefficient (Wildman–Crippen LogP) is 4.66.